The maximum atomic E-state index is 12.3. The SMILES string of the molecule is Cc1cccc(N/C(N)=N/C2=NC(CC(=O)Nc3ccc(C(C)C)cc3)C(=O)N2)c1. The number of hydrogen-bond acceptors (Lipinski definition) is 4. The molecule has 2 amide bonds. The monoisotopic (exact) mass is 406 g/mol. The van der Waals surface area contributed by atoms with Crippen molar-refractivity contribution in [3.63, 3.8) is 0 Å². The van der Waals surface area contributed by atoms with Crippen LogP contribution in [0.3, 0.4) is 0 Å². The highest BCUT2D eigenvalue weighted by atomic mass is 16.2. The standard InChI is InChI=1S/C22H26N6O2/c1-13(2)15-7-9-16(10-8-15)24-19(29)12-18-20(30)27-22(26-18)28-21(23)25-17-6-4-5-14(3)11-17/h4-11,13,18H,12H2,1-3H3,(H,24,29)(H4,23,25,26,27,28,30). The average Bonchev–Trinajstić information content (AvgIpc) is 3.00. The molecular formula is C22H26N6O2. The van der Waals surface area contributed by atoms with Gasteiger partial charge in [0.15, 0.2) is 0 Å². The highest BCUT2D eigenvalue weighted by molar-refractivity contribution is 6.11. The van der Waals surface area contributed by atoms with Gasteiger partial charge in [-0.3, -0.25) is 14.9 Å². The minimum Gasteiger partial charge on any atom is -0.369 e. The van der Waals surface area contributed by atoms with E-state index in [0.717, 1.165) is 11.3 Å². The van der Waals surface area contributed by atoms with E-state index in [1.807, 2.05) is 55.5 Å². The molecule has 5 N–H and O–H groups in total. The van der Waals surface area contributed by atoms with Crippen LogP contribution in [-0.2, 0) is 9.59 Å². The number of amides is 2. The lowest BCUT2D eigenvalue weighted by Crippen LogP contribution is -2.32. The van der Waals surface area contributed by atoms with Gasteiger partial charge in [0.05, 0.1) is 6.42 Å². The molecule has 0 aromatic heterocycles. The maximum Gasteiger partial charge on any atom is 0.252 e. The van der Waals surface area contributed by atoms with Crippen LogP contribution in [0.15, 0.2) is 58.5 Å². The lowest BCUT2D eigenvalue weighted by atomic mass is 10.0. The van der Waals surface area contributed by atoms with Crippen molar-refractivity contribution in [3.8, 4) is 0 Å². The van der Waals surface area contributed by atoms with Gasteiger partial charge in [0.25, 0.3) is 5.91 Å². The quantitative estimate of drug-likeness (QED) is 0.451. The lowest BCUT2D eigenvalue weighted by Gasteiger charge is -2.09. The molecule has 2 aromatic carbocycles. The van der Waals surface area contributed by atoms with E-state index < -0.39 is 6.04 Å². The summed E-state index contributed by atoms with van der Waals surface area (Å²) >= 11 is 0. The summed E-state index contributed by atoms with van der Waals surface area (Å²) in [4.78, 5) is 32.7. The first-order chi connectivity index (χ1) is 14.3. The van der Waals surface area contributed by atoms with E-state index in [4.69, 9.17) is 5.73 Å². The molecule has 0 saturated heterocycles. The number of nitrogens with zero attached hydrogens (tertiary/aromatic N) is 2. The second-order valence-electron chi connectivity index (χ2n) is 7.48. The first kappa shape index (κ1) is 21.0. The highest BCUT2D eigenvalue weighted by Gasteiger charge is 2.28. The Balaban J connectivity index is 1.58. The minimum atomic E-state index is -0.842. The number of nitrogens with one attached hydrogen (secondary N) is 3. The average molecular weight is 406 g/mol. The van der Waals surface area contributed by atoms with E-state index in [1.165, 1.54) is 5.56 Å². The number of hydrogen-bond donors (Lipinski definition) is 4. The zero-order chi connectivity index (χ0) is 21.7. The van der Waals surface area contributed by atoms with Gasteiger partial charge in [0.1, 0.15) is 6.04 Å². The highest BCUT2D eigenvalue weighted by Crippen LogP contribution is 2.18. The van der Waals surface area contributed by atoms with Gasteiger partial charge in [0.2, 0.25) is 17.8 Å². The van der Waals surface area contributed by atoms with Crippen molar-refractivity contribution in [2.24, 2.45) is 15.7 Å². The molecule has 0 bridgehead atoms. The Morgan fingerprint density at radius 1 is 1.17 bits per heavy atom. The Kier molecular flexibility index (Phi) is 6.46. The molecule has 8 nitrogen and oxygen atoms in total. The molecule has 1 aliphatic heterocycles. The zero-order valence-corrected chi connectivity index (χ0v) is 17.3. The molecule has 8 heteroatoms. The molecule has 30 heavy (non-hydrogen) atoms. The summed E-state index contributed by atoms with van der Waals surface area (Å²) < 4.78 is 0. The Morgan fingerprint density at radius 2 is 1.90 bits per heavy atom. The Morgan fingerprint density at radius 3 is 2.57 bits per heavy atom. The molecule has 1 atom stereocenters. The van der Waals surface area contributed by atoms with Crippen molar-refractivity contribution in [2.75, 3.05) is 10.6 Å². The topological polar surface area (TPSA) is 121 Å². The second kappa shape index (κ2) is 9.21. The van der Waals surface area contributed by atoms with E-state index in [2.05, 4.69) is 39.8 Å². The maximum absolute atomic E-state index is 12.3. The largest absolute Gasteiger partial charge is 0.369 e. The third-order valence-corrected chi connectivity index (χ3v) is 4.57. The normalized spacial score (nSPS) is 16.3. The van der Waals surface area contributed by atoms with Gasteiger partial charge in [-0.05, 0) is 48.2 Å². The van der Waals surface area contributed by atoms with Crippen molar-refractivity contribution in [1.82, 2.24) is 5.32 Å². The summed E-state index contributed by atoms with van der Waals surface area (Å²) in [5.41, 5.74) is 9.61. The number of guanidine groups is 2. The van der Waals surface area contributed by atoms with Gasteiger partial charge in [-0.1, -0.05) is 38.1 Å². The van der Waals surface area contributed by atoms with Crippen LogP contribution in [0.25, 0.3) is 0 Å². The molecule has 3 rings (SSSR count). The number of anilines is 2. The van der Waals surface area contributed by atoms with Gasteiger partial charge < -0.3 is 16.4 Å². The van der Waals surface area contributed by atoms with Crippen molar-refractivity contribution >= 4 is 35.1 Å². The Hall–Kier alpha value is -3.68. The summed E-state index contributed by atoms with van der Waals surface area (Å²) in [6.07, 6.45) is -0.0814. The van der Waals surface area contributed by atoms with Crippen LogP contribution in [0, 0.1) is 6.92 Å². The Labute approximate surface area is 175 Å². The van der Waals surface area contributed by atoms with E-state index in [9.17, 15) is 9.59 Å². The van der Waals surface area contributed by atoms with E-state index in [-0.39, 0.29) is 30.2 Å². The third kappa shape index (κ3) is 5.66. The van der Waals surface area contributed by atoms with Crippen molar-refractivity contribution in [3.05, 3.63) is 59.7 Å². The number of carbonyl (C=O) groups is 2. The van der Waals surface area contributed by atoms with Gasteiger partial charge in [0, 0.05) is 11.4 Å². The Bertz CT molecular complexity index is 995. The van der Waals surface area contributed by atoms with Crippen LogP contribution >= 0.6 is 0 Å². The van der Waals surface area contributed by atoms with Gasteiger partial charge in [-0.15, -0.1) is 0 Å². The summed E-state index contributed by atoms with van der Waals surface area (Å²) in [6.45, 7) is 6.18. The van der Waals surface area contributed by atoms with E-state index >= 15 is 0 Å². The van der Waals surface area contributed by atoms with Gasteiger partial charge in [-0.25, -0.2) is 4.99 Å². The first-order valence-corrected chi connectivity index (χ1v) is 9.76. The summed E-state index contributed by atoms with van der Waals surface area (Å²) in [7, 11) is 0. The number of nitrogens with two attached hydrogens (primary N) is 1. The number of benzene rings is 2. The van der Waals surface area contributed by atoms with Gasteiger partial charge in [-0.2, -0.15) is 4.99 Å². The van der Waals surface area contributed by atoms with Crippen LogP contribution in [0.5, 0.6) is 0 Å². The molecule has 0 spiro atoms. The molecule has 1 aliphatic rings. The molecule has 0 radical (unpaired) electrons. The molecule has 1 heterocycles. The molecule has 0 saturated carbocycles. The lowest BCUT2D eigenvalue weighted by molar-refractivity contribution is -0.123. The van der Waals surface area contributed by atoms with Gasteiger partial charge >= 0.3 is 0 Å². The molecule has 1 unspecified atom stereocenters. The smallest absolute Gasteiger partial charge is 0.252 e. The van der Waals surface area contributed by atoms with Crippen LogP contribution < -0.4 is 21.7 Å². The summed E-state index contributed by atoms with van der Waals surface area (Å²) in [6, 6.07) is 14.4. The first-order valence-electron chi connectivity index (χ1n) is 9.76. The fourth-order valence-corrected chi connectivity index (χ4v) is 2.98. The number of aryl methyl sites for hydroxylation is 1. The number of rotatable bonds is 5. The molecule has 0 aliphatic carbocycles. The number of carbonyl (C=O) groups excluding carboxylic acids is 2. The van der Waals surface area contributed by atoms with Crippen LogP contribution in [-0.4, -0.2) is 29.8 Å². The van der Waals surface area contributed by atoms with Crippen LogP contribution in [0.1, 0.15) is 37.3 Å². The van der Waals surface area contributed by atoms with Crippen LogP contribution in [0.2, 0.25) is 0 Å². The molecule has 2 aromatic rings. The van der Waals surface area contributed by atoms with Crippen molar-refractivity contribution in [1.29, 1.82) is 0 Å². The second-order valence-corrected chi connectivity index (χ2v) is 7.48. The number of aliphatic imine (C=N–C) groups is 2. The predicted octanol–water partition coefficient (Wildman–Crippen LogP) is 2.73. The molecule has 156 valence electrons. The molecular weight excluding hydrogens is 380 g/mol. The van der Waals surface area contributed by atoms with Crippen molar-refractivity contribution < 1.29 is 9.59 Å². The third-order valence-electron chi connectivity index (χ3n) is 4.57. The van der Waals surface area contributed by atoms with Crippen LogP contribution in [0.4, 0.5) is 11.4 Å². The molecule has 0 fully saturated rings. The predicted molar refractivity (Wildman–Crippen MR) is 120 cm³/mol. The fraction of sp³-hybridized carbons (Fsp3) is 0.273. The van der Waals surface area contributed by atoms with E-state index in [1.54, 1.807) is 0 Å². The fourth-order valence-electron chi connectivity index (χ4n) is 2.98. The van der Waals surface area contributed by atoms with E-state index in [0.29, 0.717) is 11.6 Å². The van der Waals surface area contributed by atoms with Crippen molar-refractivity contribution in [2.45, 2.75) is 39.2 Å². The summed E-state index contributed by atoms with van der Waals surface area (Å²) in [5, 5.41) is 8.27. The minimum absolute atomic E-state index is 0.0803. The zero-order valence-electron chi connectivity index (χ0n) is 17.3. The summed E-state index contributed by atoms with van der Waals surface area (Å²) in [5.74, 6) is -0.0977.